The van der Waals surface area contributed by atoms with E-state index in [-0.39, 0.29) is 11.3 Å². The lowest BCUT2D eigenvalue weighted by atomic mass is 10.1. The number of nitrogens with zero attached hydrogens (tertiary/aromatic N) is 5. The summed E-state index contributed by atoms with van der Waals surface area (Å²) in [6.45, 7) is 7.53. The Balaban J connectivity index is 1.44. The minimum atomic E-state index is 0.184. The van der Waals surface area contributed by atoms with Crippen molar-refractivity contribution in [3.63, 3.8) is 0 Å². The van der Waals surface area contributed by atoms with Crippen molar-refractivity contribution >= 4 is 80.8 Å². The van der Waals surface area contributed by atoms with Crippen LogP contribution < -0.4 is 0 Å². The molecule has 0 saturated heterocycles. The molecule has 0 spiro atoms. The Hall–Kier alpha value is -6.39. The van der Waals surface area contributed by atoms with Crippen LogP contribution in [0.5, 0.6) is 0 Å². The van der Waals surface area contributed by atoms with E-state index in [1.165, 1.54) is 48.0 Å². The quantitative estimate of drug-likeness (QED) is 0.188. The highest BCUT2D eigenvalue weighted by Gasteiger charge is 2.22. The fourth-order valence-electron chi connectivity index (χ4n) is 6.94. The van der Waals surface area contributed by atoms with Crippen LogP contribution in [0.3, 0.4) is 0 Å². The molecule has 0 bridgehead atoms. The van der Waals surface area contributed by atoms with Crippen molar-refractivity contribution in [2.45, 2.75) is 0 Å². The number of thiophene rings is 1. The molecule has 0 amide bonds. The smallest absolute Gasteiger partial charge is 0.206 e. The summed E-state index contributed by atoms with van der Waals surface area (Å²) >= 11 is 1.81. The van der Waals surface area contributed by atoms with Crippen LogP contribution in [0.25, 0.3) is 80.0 Å². The molecule has 0 unspecified atom stereocenters. The Bertz CT molecular complexity index is 2850. The molecule has 0 fully saturated rings. The van der Waals surface area contributed by atoms with Gasteiger partial charge in [0.15, 0.2) is 0 Å². The number of hydrogen-bond acceptors (Lipinski definition) is 3. The predicted molar refractivity (Wildman–Crippen MR) is 184 cm³/mol. The lowest BCUT2D eigenvalue weighted by Crippen LogP contribution is -1.98. The molecule has 0 aliphatic heterocycles. The maximum atomic E-state index is 10.1. The highest BCUT2D eigenvalue weighted by atomic mass is 32.1. The summed E-state index contributed by atoms with van der Waals surface area (Å²) in [5, 5.41) is 27.0. The Labute approximate surface area is 261 Å². The monoisotopic (exact) mass is 589 g/mol. The van der Waals surface area contributed by atoms with Gasteiger partial charge in [0.1, 0.15) is 0 Å². The van der Waals surface area contributed by atoms with E-state index in [1.54, 1.807) is 6.07 Å². The van der Waals surface area contributed by atoms with Crippen LogP contribution in [0.15, 0.2) is 115 Å². The molecule has 3 heterocycles. The number of nitriles is 2. The minimum absolute atomic E-state index is 0.184. The van der Waals surface area contributed by atoms with Crippen molar-refractivity contribution in [2.24, 2.45) is 0 Å². The molecule has 0 atom stereocenters. The van der Waals surface area contributed by atoms with Gasteiger partial charge >= 0.3 is 0 Å². The van der Waals surface area contributed by atoms with Crippen LogP contribution in [-0.2, 0) is 0 Å². The molecule has 0 saturated carbocycles. The van der Waals surface area contributed by atoms with E-state index in [4.69, 9.17) is 6.57 Å². The number of hydrogen-bond donors (Lipinski definition) is 0. The van der Waals surface area contributed by atoms with Crippen molar-refractivity contribution in [2.75, 3.05) is 0 Å². The third-order valence-electron chi connectivity index (χ3n) is 8.81. The molecular formula is C39H19N5S. The van der Waals surface area contributed by atoms with Crippen molar-refractivity contribution in [3.8, 4) is 23.5 Å². The third-order valence-corrected chi connectivity index (χ3v) is 10.1. The summed E-state index contributed by atoms with van der Waals surface area (Å²) in [6, 6.07) is 43.7. The average Bonchev–Trinajstić information content (AvgIpc) is 3.75. The van der Waals surface area contributed by atoms with E-state index in [9.17, 15) is 10.5 Å². The Kier molecular flexibility index (Phi) is 5.20. The lowest BCUT2D eigenvalue weighted by molar-refractivity contribution is 1.17. The first-order valence-corrected chi connectivity index (χ1v) is 15.3. The second-order valence-corrected chi connectivity index (χ2v) is 12.1. The van der Waals surface area contributed by atoms with Crippen LogP contribution in [0.1, 0.15) is 11.1 Å². The molecule has 0 radical (unpaired) electrons. The van der Waals surface area contributed by atoms with Gasteiger partial charge < -0.3 is 9.13 Å². The van der Waals surface area contributed by atoms with Crippen molar-refractivity contribution in [1.29, 1.82) is 10.5 Å². The zero-order chi connectivity index (χ0) is 30.2. The van der Waals surface area contributed by atoms with E-state index >= 15 is 0 Å². The van der Waals surface area contributed by atoms with Crippen LogP contribution in [0.2, 0.25) is 0 Å². The minimum Gasteiger partial charge on any atom is -0.309 e. The largest absolute Gasteiger partial charge is 0.309 e. The van der Waals surface area contributed by atoms with Crippen molar-refractivity contribution in [1.82, 2.24) is 9.13 Å². The van der Waals surface area contributed by atoms with Gasteiger partial charge in [-0.15, -0.1) is 11.3 Å². The zero-order valence-electron chi connectivity index (χ0n) is 23.6. The maximum absolute atomic E-state index is 10.1. The second-order valence-electron chi connectivity index (χ2n) is 11.0. The summed E-state index contributed by atoms with van der Waals surface area (Å²) in [4.78, 5) is 3.50. The summed E-state index contributed by atoms with van der Waals surface area (Å²) in [5.74, 6) is 0. The fraction of sp³-hybridized carbons (Fsp3) is 0. The summed E-state index contributed by atoms with van der Waals surface area (Å²) in [5.41, 5.74) is 6.76. The van der Waals surface area contributed by atoms with Gasteiger partial charge in [-0.1, -0.05) is 66.7 Å². The number of rotatable bonds is 2. The van der Waals surface area contributed by atoms with Crippen LogP contribution in [-0.4, -0.2) is 9.13 Å². The van der Waals surface area contributed by atoms with Crippen molar-refractivity contribution in [3.05, 3.63) is 138 Å². The fourth-order valence-corrected chi connectivity index (χ4v) is 8.36. The lowest BCUT2D eigenvalue weighted by Gasteiger charge is -2.11. The number of aromatic nitrogens is 2. The molecule has 9 rings (SSSR count). The third kappa shape index (κ3) is 3.33. The standard InChI is InChI=1S/C39H19N5S/c1-42-30-19-24(22-41)35(20-23(30)21-40)44-32-14-8-6-12-29(32)37-34(44)18-16-27-26-15-17-33-36(38(26)45-39(27)37)28-11-5-7-13-31(28)43(33)25-9-3-2-4-10-25/h2-20H. The van der Waals surface area contributed by atoms with Crippen LogP contribution in [0, 0.1) is 29.2 Å². The molecule has 6 aromatic carbocycles. The normalized spacial score (nSPS) is 11.5. The second kappa shape index (κ2) is 9.30. The van der Waals surface area contributed by atoms with Crippen molar-refractivity contribution < 1.29 is 0 Å². The average molecular weight is 590 g/mol. The number of fused-ring (bicyclic) bond motifs is 11. The van der Waals surface area contributed by atoms with Gasteiger partial charge in [-0.3, -0.25) is 0 Å². The molecule has 3 aromatic heterocycles. The molecule has 0 N–H and O–H groups in total. The van der Waals surface area contributed by atoms with Gasteiger partial charge in [0.25, 0.3) is 0 Å². The first-order valence-electron chi connectivity index (χ1n) is 14.4. The molecule has 206 valence electrons. The molecule has 0 aliphatic rings. The first-order chi connectivity index (χ1) is 22.2. The van der Waals surface area contributed by atoms with E-state index in [2.05, 4.69) is 111 Å². The Morgan fingerprint density at radius 3 is 1.71 bits per heavy atom. The molecular weight excluding hydrogens is 571 g/mol. The van der Waals surface area contributed by atoms with Gasteiger partial charge in [-0.25, -0.2) is 4.85 Å². The van der Waals surface area contributed by atoms with Gasteiger partial charge in [0.2, 0.25) is 5.69 Å². The van der Waals surface area contributed by atoms with E-state index < -0.39 is 0 Å². The van der Waals surface area contributed by atoms with E-state index in [0.29, 0.717) is 11.3 Å². The summed E-state index contributed by atoms with van der Waals surface area (Å²) in [6.07, 6.45) is 0. The van der Waals surface area contributed by atoms with Gasteiger partial charge in [-0.2, -0.15) is 10.5 Å². The van der Waals surface area contributed by atoms with Gasteiger partial charge in [0, 0.05) is 47.4 Å². The number of para-hydroxylation sites is 3. The Morgan fingerprint density at radius 2 is 1.11 bits per heavy atom. The summed E-state index contributed by atoms with van der Waals surface area (Å²) in [7, 11) is 0. The van der Waals surface area contributed by atoms with Crippen LogP contribution in [0.4, 0.5) is 5.69 Å². The first kappa shape index (κ1) is 25.1. The zero-order valence-corrected chi connectivity index (χ0v) is 24.4. The molecule has 6 heteroatoms. The van der Waals surface area contributed by atoms with Crippen LogP contribution >= 0.6 is 11.3 Å². The SMILES string of the molecule is [C-]#[N+]c1cc(C#N)c(-n2c3ccccc3c3c4sc5c(ccc6c5c5ccccc5n6-c5ccccc5)c4ccc32)cc1C#N. The highest BCUT2D eigenvalue weighted by Crippen LogP contribution is 2.47. The topological polar surface area (TPSA) is 61.8 Å². The molecule has 9 aromatic rings. The molecule has 5 nitrogen and oxygen atoms in total. The van der Waals surface area contributed by atoms with Gasteiger partial charge in [-0.05, 0) is 48.5 Å². The Morgan fingerprint density at radius 1 is 0.556 bits per heavy atom. The highest BCUT2D eigenvalue weighted by molar-refractivity contribution is 7.27. The predicted octanol–water partition coefficient (Wildman–Crippen LogP) is 10.5. The van der Waals surface area contributed by atoms with Gasteiger partial charge in [0.05, 0.1) is 57.6 Å². The maximum Gasteiger partial charge on any atom is 0.206 e. The summed E-state index contributed by atoms with van der Waals surface area (Å²) < 4.78 is 6.83. The van der Waals surface area contributed by atoms with E-state index in [0.717, 1.165) is 27.5 Å². The number of benzene rings is 6. The molecule has 0 aliphatic carbocycles. The van der Waals surface area contributed by atoms with E-state index in [1.807, 2.05) is 29.5 Å². The molecule has 45 heavy (non-hydrogen) atoms.